The smallest absolute Gasteiger partial charge is 0.256 e. The molecule has 0 aliphatic carbocycles. The minimum atomic E-state index is -0.722. The lowest BCUT2D eigenvalue weighted by molar-refractivity contribution is 0.0717. The van der Waals surface area contributed by atoms with Gasteiger partial charge in [0.05, 0.1) is 29.6 Å². The average Bonchev–Trinajstić information content (AvgIpc) is 3.19. The van der Waals surface area contributed by atoms with E-state index in [1.165, 1.54) is 29.4 Å². The van der Waals surface area contributed by atoms with Gasteiger partial charge in [0.25, 0.3) is 5.91 Å². The van der Waals surface area contributed by atoms with Crippen molar-refractivity contribution in [1.82, 2.24) is 14.9 Å². The fourth-order valence-electron chi connectivity index (χ4n) is 3.40. The van der Waals surface area contributed by atoms with Gasteiger partial charge in [-0.3, -0.25) is 4.79 Å². The Hall–Kier alpha value is -2.80. The Morgan fingerprint density at radius 3 is 2.88 bits per heavy atom. The number of imidazole rings is 1. The summed E-state index contributed by atoms with van der Waals surface area (Å²) < 4.78 is 27.4. The van der Waals surface area contributed by atoms with E-state index in [4.69, 9.17) is 0 Å². The summed E-state index contributed by atoms with van der Waals surface area (Å²) in [4.78, 5) is 21.3. The van der Waals surface area contributed by atoms with Gasteiger partial charge >= 0.3 is 0 Å². The van der Waals surface area contributed by atoms with Crippen molar-refractivity contribution in [3.05, 3.63) is 65.5 Å². The molecule has 1 amide bonds. The van der Waals surface area contributed by atoms with Crippen molar-refractivity contribution < 1.29 is 18.7 Å². The number of aromatic nitrogens is 2. The fourth-order valence-corrected chi connectivity index (χ4v) is 3.40. The molecule has 2 heterocycles. The first-order valence-corrected chi connectivity index (χ1v) is 7.90. The third kappa shape index (κ3) is 2.76. The Balaban J connectivity index is 1.76. The van der Waals surface area contributed by atoms with Gasteiger partial charge in [0.15, 0.2) is 0 Å². The summed E-state index contributed by atoms with van der Waals surface area (Å²) in [7, 11) is 0. The van der Waals surface area contributed by atoms with E-state index in [0.717, 1.165) is 6.07 Å². The van der Waals surface area contributed by atoms with Gasteiger partial charge in [0.2, 0.25) is 0 Å². The van der Waals surface area contributed by atoms with Crippen LogP contribution in [0.2, 0.25) is 0 Å². The quantitative estimate of drug-likeness (QED) is 0.752. The number of fused-ring (bicyclic) bond motifs is 1. The molecule has 0 bridgehead atoms. The SMILES string of the molecule is O=C(c1cc(F)cc2[nH]cnc12)N1CC(O)CC1c1cccc(F)c1. The third-order valence-corrected chi connectivity index (χ3v) is 4.49. The molecule has 0 saturated carbocycles. The Bertz CT molecular complexity index is 956. The molecular weight excluding hydrogens is 328 g/mol. The molecule has 2 atom stereocenters. The van der Waals surface area contributed by atoms with Gasteiger partial charge in [-0.15, -0.1) is 0 Å². The lowest BCUT2D eigenvalue weighted by atomic mass is 10.0. The minimum Gasteiger partial charge on any atom is -0.391 e. The summed E-state index contributed by atoms with van der Waals surface area (Å²) >= 11 is 0. The second kappa shape index (κ2) is 5.93. The van der Waals surface area contributed by atoms with Crippen molar-refractivity contribution in [2.24, 2.45) is 0 Å². The number of amides is 1. The molecule has 1 aliphatic rings. The molecule has 3 aromatic rings. The highest BCUT2D eigenvalue weighted by molar-refractivity contribution is 6.05. The predicted octanol–water partition coefficient (Wildman–Crippen LogP) is 2.79. The van der Waals surface area contributed by atoms with E-state index >= 15 is 0 Å². The molecule has 25 heavy (non-hydrogen) atoms. The van der Waals surface area contributed by atoms with Crippen LogP contribution in [0.25, 0.3) is 11.0 Å². The molecule has 2 N–H and O–H groups in total. The number of rotatable bonds is 2. The van der Waals surface area contributed by atoms with Crippen molar-refractivity contribution in [2.45, 2.75) is 18.6 Å². The van der Waals surface area contributed by atoms with Gasteiger partial charge in [0.1, 0.15) is 17.2 Å². The summed E-state index contributed by atoms with van der Waals surface area (Å²) in [5.74, 6) is -1.41. The maximum absolute atomic E-state index is 13.9. The number of hydrogen-bond donors (Lipinski definition) is 2. The van der Waals surface area contributed by atoms with Crippen LogP contribution in [0.15, 0.2) is 42.7 Å². The van der Waals surface area contributed by atoms with Gasteiger partial charge < -0.3 is 15.0 Å². The second-order valence-electron chi connectivity index (χ2n) is 6.17. The van der Waals surface area contributed by atoms with Crippen molar-refractivity contribution >= 4 is 16.9 Å². The number of benzene rings is 2. The average molecular weight is 343 g/mol. The predicted molar refractivity (Wildman–Crippen MR) is 86.9 cm³/mol. The largest absolute Gasteiger partial charge is 0.391 e. The number of nitrogens with one attached hydrogen (secondary N) is 1. The molecule has 7 heteroatoms. The number of likely N-dealkylation sites (tertiary alicyclic amines) is 1. The van der Waals surface area contributed by atoms with E-state index in [1.807, 2.05) is 0 Å². The van der Waals surface area contributed by atoms with Gasteiger partial charge in [-0.05, 0) is 36.2 Å². The Labute approximate surface area is 141 Å². The van der Waals surface area contributed by atoms with E-state index in [0.29, 0.717) is 23.0 Å². The fraction of sp³-hybridized carbons (Fsp3) is 0.222. The molecule has 128 valence electrons. The highest BCUT2D eigenvalue weighted by atomic mass is 19.1. The molecule has 0 spiro atoms. The monoisotopic (exact) mass is 343 g/mol. The van der Waals surface area contributed by atoms with Crippen molar-refractivity contribution in [2.75, 3.05) is 6.54 Å². The van der Waals surface area contributed by atoms with Crippen LogP contribution in [0, 0.1) is 11.6 Å². The molecule has 1 saturated heterocycles. The van der Waals surface area contributed by atoms with Gasteiger partial charge in [-0.1, -0.05) is 12.1 Å². The molecule has 2 aromatic carbocycles. The molecule has 1 aromatic heterocycles. The van der Waals surface area contributed by atoms with Crippen LogP contribution >= 0.6 is 0 Å². The zero-order valence-electron chi connectivity index (χ0n) is 13.1. The summed E-state index contributed by atoms with van der Waals surface area (Å²) in [6.45, 7) is 0.0996. The standard InChI is InChI=1S/C18H15F2N3O2/c19-11-3-1-2-10(4-11)16-7-13(24)8-23(16)18(25)14-5-12(20)6-15-17(14)22-9-21-15/h1-6,9,13,16,24H,7-8H2,(H,21,22). The lowest BCUT2D eigenvalue weighted by Gasteiger charge is -2.25. The van der Waals surface area contributed by atoms with Crippen LogP contribution in [0.5, 0.6) is 0 Å². The van der Waals surface area contributed by atoms with E-state index in [2.05, 4.69) is 9.97 Å². The minimum absolute atomic E-state index is 0.0996. The number of aromatic amines is 1. The molecule has 0 radical (unpaired) electrons. The zero-order valence-corrected chi connectivity index (χ0v) is 13.1. The number of halogens is 2. The molecule has 5 nitrogen and oxygen atoms in total. The topological polar surface area (TPSA) is 69.2 Å². The summed E-state index contributed by atoms with van der Waals surface area (Å²) in [5.41, 5.74) is 1.50. The zero-order chi connectivity index (χ0) is 17.6. The first kappa shape index (κ1) is 15.7. The Morgan fingerprint density at radius 2 is 2.08 bits per heavy atom. The van der Waals surface area contributed by atoms with Crippen molar-refractivity contribution in [3.8, 4) is 0 Å². The normalized spacial score (nSPS) is 20.4. The van der Waals surface area contributed by atoms with E-state index < -0.39 is 29.7 Å². The number of hydrogen-bond acceptors (Lipinski definition) is 3. The number of nitrogens with zero attached hydrogens (tertiary/aromatic N) is 2. The van der Waals surface area contributed by atoms with E-state index in [-0.39, 0.29) is 12.1 Å². The molecule has 4 rings (SSSR count). The lowest BCUT2D eigenvalue weighted by Crippen LogP contribution is -2.32. The highest BCUT2D eigenvalue weighted by Crippen LogP contribution is 2.34. The van der Waals surface area contributed by atoms with Crippen LogP contribution in [-0.2, 0) is 0 Å². The maximum atomic E-state index is 13.9. The van der Waals surface area contributed by atoms with Crippen LogP contribution < -0.4 is 0 Å². The van der Waals surface area contributed by atoms with Gasteiger partial charge in [-0.25, -0.2) is 13.8 Å². The summed E-state index contributed by atoms with van der Waals surface area (Å²) in [6.07, 6.45) is 0.971. The van der Waals surface area contributed by atoms with E-state index in [1.54, 1.807) is 12.1 Å². The van der Waals surface area contributed by atoms with Crippen LogP contribution in [-0.4, -0.2) is 38.5 Å². The number of H-pyrrole nitrogens is 1. The van der Waals surface area contributed by atoms with Gasteiger partial charge in [-0.2, -0.15) is 0 Å². The molecular formula is C18H15F2N3O2. The summed E-state index contributed by atoms with van der Waals surface area (Å²) in [6, 6.07) is 7.87. The third-order valence-electron chi connectivity index (χ3n) is 4.49. The molecule has 1 aliphatic heterocycles. The summed E-state index contributed by atoms with van der Waals surface area (Å²) in [5, 5.41) is 10.0. The van der Waals surface area contributed by atoms with Crippen LogP contribution in [0.1, 0.15) is 28.4 Å². The number of carbonyl (C=O) groups is 1. The van der Waals surface area contributed by atoms with Crippen LogP contribution in [0.3, 0.4) is 0 Å². The molecule has 2 unspecified atom stereocenters. The maximum Gasteiger partial charge on any atom is 0.256 e. The van der Waals surface area contributed by atoms with Crippen molar-refractivity contribution in [3.63, 3.8) is 0 Å². The van der Waals surface area contributed by atoms with Gasteiger partial charge in [0, 0.05) is 6.54 Å². The Kier molecular flexibility index (Phi) is 3.73. The first-order chi connectivity index (χ1) is 12.0. The first-order valence-electron chi connectivity index (χ1n) is 7.90. The Morgan fingerprint density at radius 1 is 1.24 bits per heavy atom. The van der Waals surface area contributed by atoms with E-state index in [9.17, 15) is 18.7 Å². The molecule has 1 fully saturated rings. The van der Waals surface area contributed by atoms with Crippen LogP contribution in [0.4, 0.5) is 8.78 Å². The number of carbonyl (C=O) groups excluding carboxylic acids is 1. The number of β-amino-alcohol motifs (C(OH)–C–C–N with tert-alkyl or cyclic N) is 1. The second-order valence-corrected chi connectivity index (χ2v) is 6.17. The number of aliphatic hydroxyl groups is 1. The highest BCUT2D eigenvalue weighted by Gasteiger charge is 2.36. The van der Waals surface area contributed by atoms with Crippen molar-refractivity contribution in [1.29, 1.82) is 0 Å². The number of aliphatic hydroxyl groups excluding tert-OH is 1.